The van der Waals surface area contributed by atoms with E-state index in [-0.39, 0.29) is 35.5 Å². The molecule has 208 valence electrons. The SMILES string of the molecule is CCCN1C(=O)C2CC=C3C(CC4(Cl)C(=O)N(C)C(=O)C4(Cl)C3C=Cc3cc(OC)c(O)c(OC)c3)C2C1=O. The normalized spacial score (nSPS) is 33.8. The van der Waals surface area contributed by atoms with Crippen LogP contribution in [0.2, 0.25) is 0 Å². The number of methoxy groups -OCH3 is 2. The molecule has 1 N–H and O–H groups in total. The first-order valence-corrected chi connectivity index (χ1v) is 13.6. The number of hydrogen-bond acceptors (Lipinski definition) is 7. The Kier molecular flexibility index (Phi) is 6.74. The molecular formula is C28H30Cl2N2O7. The Morgan fingerprint density at radius 2 is 1.69 bits per heavy atom. The second-order valence-corrected chi connectivity index (χ2v) is 11.7. The molecule has 0 aromatic heterocycles. The number of imide groups is 2. The fourth-order valence-corrected chi connectivity index (χ4v) is 7.69. The summed E-state index contributed by atoms with van der Waals surface area (Å²) >= 11 is 14.2. The number of carbonyl (C=O) groups excluding carboxylic acids is 4. The minimum Gasteiger partial charge on any atom is -0.502 e. The van der Waals surface area contributed by atoms with Crippen LogP contribution in [0.15, 0.2) is 29.9 Å². The van der Waals surface area contributed by atoms with Gasteiger partial charge >= 0.3 is 0 Å². The average molecular weight is 577 g/mol. The van der Waals surface area contributed by atoms with Crippen LogP contribution in [0.3, 0.4) is 0 Å². The molecule has 1 aromatic rings. The quantitative estimate of drug-likeness (QED) is 0.314. The summed E-state index contributed by atoms with van der Waals surface area (Å²) in [5.41, 5.74) is 1.29. The summed E-state index contributed by atoms with van der Waals surface area (Å²) in [6, 6.07) is 3.18. The first-order chi connectivity index (χ1) is 18.5. The molecular weight excluding hydrogens is 547 g/mol. The fraction of sp³-hybridized carbons (Fsp3) is 0.500. The van der Waals surface area contributed by atoms with E-state index >= 15 is 0 Å². The second-order valence-electron chi connectivity index (χ2n) is 10.5. The standard InChI is InChI=1S/C28H30Cl2N2O7/c1-5-10-32-23(34)16-8-7-15-17(21(16)24(32)35)13-27(29)25(36)31(2)26(37)28(27,30)18(15)9-6-14-11-19(38-3)22(33)20(12-14)39-4/h6-7,9,11-12,16-18,21,33H,5,8,10,13H2,1-4H3. The van der Waals surface area contributed by atoms with Crippen molar-refractivity contribution in [1.29, 1.82) is 0 Å². The van der Waals surface area contributed by atoms with Crippen LogP contribution in [0.4, 0.5) is 0 Å². The molecule has 0 radical (unpaired) electrons. The van der Waals surface area contributed by atoms with Crippen LogP contribution in [-0.2, 0) is 19.2 Å². The van der Waals surface area contributed by atoms with Gasteiger partial charge in [-0.1, -0.05) is 30.7 Å². The Morgan fingerprint density at radius 3 is 2.28 bits per heavy atom. The number of fused-ring (bicyclic) bond motifs is 4. The molecule has 9 nitrogen and oxygen atoms in total. The highest BCUT2D eigenvalue weighted by Crippen LogP contribution is 2.63. The van der Waals surface area contributed by atoms with E-state index in [1.807, 2.05) is 13.0 Å². The van der Waals surface area contributed by atoms with Gasteiger partial charge in [0.2, 0.25) is 17.6 Å². The average Bonchev–Trinajstić information content (AvgIpc) is 3.24. The molecule has 4 aliphatic rings. The van der Waals surface area contributed by atoms with E-state index < -0.39 is 45.2 Å². The number of phenols is 1. The maximum Gasteiger partial charge on any atom is 0.253 e. The van der Waals surface area contributed by atoms with Crippen molar-refractivity contribution in [1.82, 2.24) is 9.80 Å². The molecule has 6 atom stereocenters. The number of alkyl halides is 2. The van der Waals surface area contributed by atoms with Gasteiger partial charge in [0.05, 0.1) is 26.1 Å². The first-order valence-electron chi connectivity index (χ1n) is 12.8. The zero-order chi connectivity index (χ0) is 28.4. The Hall–Kier alpha value is -3.04. The van der Waals surface area contributed by atoms with Crippen LogP contribution < -0.4 is 9.47 Å². The van der Waals surface area contributed by atoms with Crippen molar-refractivity contribution in [3.8, 4) is 17.2 Å². The highest BCUT2D eigenvalue weighted by molar-refractivity contribution is 6.53. The Bertz CT molecular complexity index is 1320. The van der Waals surface area contributed by atoms with Crippen LogP contribution in [0.25, 0.3) is 6.08 Å². The molecule has 0 bridgehead atoms. The van der Waals surface area contributed by atoms with Crippen molar-refractivity contribution in [2.24, 2.45) is 23.7 Å². The Morgan fingerprint density at radius 1 is 1.05 bits per heavy atom. The molecule has 1 aromatic carbocycles. The van der Waals surface area contributed by atoms with E-state index in [0.717, 1.165) is 4.90 Å². The van der Waals surface area contributed by atoms with Gasteiger partial charge < -0.3 is 14.6 Å². The number of halogens is 2. The highest BCUT2D eigenvalue weighted by atomic mass is 35.5. The van der Waals surface area contributed by atoms with E-state index in [4.69, 9.17) is 32.7 Å². The summed E-state index contributed by atoms with van der Waals surface area (Å²) in [5.74, 6) is -4.16. The van der Waals surface area contributed by atoms with Crippen LogP contribution in [0.1, 0.15) is 31.7 Å². The highest BCUT2D eigenvalue weighted by Gasteiger charge is 2.75. The van der Waals surface area contributed by atoms with E-state index in [1.54, 1.807) is 24.3 Å². The summed E-state index contributed by atoms with van der Waals surface area (Å²) in [5, 5.41) is 10.3. The number of amides is 4. The molecule has 2 aliphatic heterocycles. The van der Waals surface area contributed by atoms with Gasteiger partial charge in [0.25, 0.3) is 11.8 Å². The molecule has 2 saturated heterocycles. The van der Waals surface area contributed by atoms with Gasteiger partial charge in [-0.05, 0) is 42.9 Å². The molecule has 5 rings (SSSR count). The minimum atomic E-state index is -1.84. The topological polar surface area (TPSA) is 113 Å². The smallest absolute Gasteiger partial charge is 0.253 e. The number of aromatic hydroxyl groups is 1. The predicted octanol–water partition coefficient (Wildman–Crippen LogP) is 3.35. The Balaban J connectivity index is 1.64. The molecule has 1 saturated carbocycles. The van der Waals surface area contributed by atoms with E-state index in [2.05, 4.69) is 0 Å². The zero-order valence-electron chi connectivity index (χ0n) is 22.1. The number of allylic oxidation sites excluding steroid dienone is 3. The molecule has 2 aliphatic carbocycles. The van der Waals surface area contributed by atoms with Crippen molar-refractivity contribution in [3.63, 3.8) is 0 Å². The maximum atomic E-state index is 13.5. The molecule has 3 fully saturated rings. The Labute approximate surface area is 236 Å². The lowest BCUT2D eigenvalue weighted by Gasteiger charge is -2.49. The third kappa shape index (κ3) is 3.65. The predicted molar refractivity (Wildman–Crippen MR) is 143 cm³/mol. The fourth-order valence-electron chi connectivity index (χ4n) is 6.72. The third-order valence-corrected chi connectivity index (χ3v) is 10.0. The van der Waals surface area contributed by atoms with Crippen LogP contribution >= 0.6 is 23.2 Å². The number of rotatable bonds is 6. The number of nitrogens with zero attached hydrogens (tertiary/aromatic N) is 2. The van der Waals surface area contributed by atoms with Gasteiger partial charge in [0.1, 0.15) is 0 Å². The van der Waals surface area contributed by atoms with Gasteiger partial charge in [-0.3, -0.25) is 29.0 Å². The van der Waals surface area contributed by atoms with E-state index in [0.29, 0.717) is 30.5 Å². The number of likely N-dealkylation sites (tertiary alicyclic amines) is 2. The van der Waals surface area contributed by atoms with Gasteiger partial charge in [0.15, 0.2) is 21.2 Å². The van der Waals surface area contributed by atoms with Crippen molar-refractivity contribution in [3.05, 3.63) is 35.4 Å². The van der Waals surface area contributed by atoms with Crippen molar-refractivity contribution in [2.75, 3.05) is 27.8 Å². The minimum absolute atomic E-state index is 0.0376. The van der Waals surface area contributed by atoms with Crippen LogP contribution in [0, 0.1) is 23.7 Å². The number of carbonyl (C=O) groups is 4. The summed E-state index contributed by atoms with van der Waals surface area (Å²) < 4.78 is 10.5. The van der Waals surface area contributed by atoms with Gasteiger partial charge in [0, 0.05) is 19.5 Å². The number of benzene rings is 1. The summed E-state index contributed by atoms with van der Waals surface area (Å²) in [6.45, 7) is 2.22. The summed E-state index contributed by atoms with van der Waals surface area (Å²) in [4.78, 5) is 52.2. The molecule has 11 heteroatoms. The zero-order valence-corrected chi connectivity index (χ0v) is 23.6. The van der Waals surface area contributed by atoms with Crippen molar-refractivity contribution < 1.29 is 33.8 Å². The number of ether oxygens (including phenoxy) is 2. The second kappa shape index (κ2) is 9.55. The monoisotopic (exact) mass is 576 g/mol. The lowest BCUT2D eigenvalue weighted by Crippen LogP contribution is -2.60. The van der Waals surface area contributed by atoms with Gasteiger partial charge in [-0.2, -0.15) is 0 Å². The molecule has 2 heterocycles. The summed E-state index contributed by atoms with van der Waals surface area (Å²) in [7, 11) is 4.17. The van der Waals surface area contributed by atoms with Crippen molar-refractivity contribution >= 4 is 52.9 Å². The lowest BCUT2D eigenvalue weighted by atomic mass is 9.57. The van der Waals surface area contributed by atoms with Gasteiger partial charge in [-0.25, -0.2) is 0 Å². The first kappa shape index (κ1) is 27.5. The summed E-state index contributed by atoms with van der Waals surface area (Å²) in [6.07, 6.45) is 6.19. The van der Waals surface area contributed by atoms with E-state index in [1.165, 1.54) is 26.2 Å². The molecule has 0 spiro atoms. The van der Waals surface area contributed by atoms with Crippen LogP contribution in [0.5, 0.6) is 17.2 Å². The van der Waals surface area contributed by atoms with Crippen LogP contribution in [-0.4, -0.2) is 76.1 Å². The van der Waals surface area contributed by atoms with Gasteiger partial charge in [-0.15, -0.1) is 23.2 Å². The molecule has 4 amide bonds. The lowest BCUT2D eigenvalue weighted by molar-refractivity contribution is -0.141. The van der Waals surface area contributed by atoms with Crippen molar-refractivity contribution in [2.45, 2.75) is 35.9 Å². The molecule has 6 unspecified atom stereocenters. The van der Waals surface area contributed by atoms with E-state index in [9.17, 15) is 24.3 Å². The largest absolute Gasteiger partial charge is 0.502 e. The number of phenolic OH excluding ortho intramolecular Hbond substituents is 1. The maximum absolute atomic E-state index is 13.5. The third-order valence-electron chi connectivity index (χ3n) is 8.59. The number of hydrogen-bond donors (Lipinski definition) is 1. The molecule has 39 heavy (non-hydrogen) atoms.